The van der Waals surface area contributed by atoms with Gasteiger partial charge in [-0.2, -0.15) is 0 Å². The van der Waals surface area contributed by atoms with Gasteiger partial charge in [-0.1, -0.05) is 12.1 Å². The van der Waals surface area contributed by atoms with Crippen LogP contribution >= 0.6 is 22.6 Å². The van der Waals surface area contributed by atoms with Crippen LogP contribution < -0.4 is 0 Å². The fraction of sp³-hybridized carbons (Fsp3) is 0.200. The molecule has 0 bridgehead atoms. The van der Waals surface area contributed by atoms with Crippen LogP contribution in [0, 0.1) is 3.57 Å². The summed E-state index contributed by atoms with van der Waals surface area (Å²) in [7, 11) is 0. The van der Waals surface area contributed by atoms with Crippen molar-refractivity contribution in [1.82, 2.24) is 0 Å². The minimum absolute atomic E-state index is 0.308. The van der Waals surface area contributed by atoms with E-state index in [4.69, 9.17) is 4.74 Å². The maximum absolute atomic E-state index is 11.5. The third kappa shape index (κ3) is 2.31. The second kappa shape index (κ2) is 5.09. The van der Waals surface area contributed by atoms with Crippen LogP contribution in [0.15, 0.2) is 18.2 Å². The molecule has 0 saturated heterocycles. The summed E-state index contributed by atoms with van der Waals surface area (Å²) in [5.74, 6) is -0.445. The number of hydrogen-bond donors (Lipinski definition) is 0. The molecule has 14 heavy (non-hydrogen) atoms. The molecule has 0 aliphatic carbocycles. The van der Waals surface area contributed by atoms with Gasteiger partial charge >= 0.3 is 5.97 Å². The van der Waals surface area contributed by atoms with Gasteiger partial charge in [0.1, 0.15) is 0 Å². The summed E-state index contributed by atoms with van der Waals surface area (Å²) in [4.78, 5) is 22.1. The Morgan fingerprint density at radius 1 is 1.57 bits per heavy atom. The van der Waals surface area contributed by atoms with Gasteiger partial charge in [-0.25, -0.2) is 4.79 Å². The Morgan fingerprint density at radius 2 is 2.29 bits per heavy atom. The third-order valence-electron chi connectivity index (χ3n) is 1.65. The van der Waals surface area contributed by atoms with Gasteiger partial charge in [0.05, 0.1) is 12.2 Å². The normalized spacial score (nSPS) is 9.57. The van der Waals surface area contributed by atoms with Crippen molar-refractivity contribution in [2.24, 2.45) is 0 Å². The van der Waals surface area contributed by atoms with Crippen LogP contribution in [0.4, 0.5) is 0 Å². The first-order valence-electron chi connectivity index (χ1n) is 4.11. The van der Waals surface area contributed by atoms with E-state index in [2.05, 4.69) is 0 Å². The maximum atomic E-state index is 11.5. The van der Waals surface area contributed by atoms with Gasteiger partial charge in [0.2, 0.25) is 0 Å². The van der Waals surface area contributed by atoms with E-state index in [0.717, 1.165) is 3.57 Å². The molecule has 1 aromatic carbocycles. The van der Waals surface area contributed by atoms with E-state index in [1.54, 1.807) is 25.1 Å². The van der Waals surface area contributed by atoms with E-state index in [1.165, 1.54) is 0 Å². The largest absolute Gasteiger partial charge is 0.462 e. The van der Waals surface area contributed by atoms with Gasteiger partial charge in [0.15, 0.2) is 6.29 Å². The number of carbonyl (C=O) groups is 2. The molecule has 0 fully saturated rings. The lowest BCUT2D eigenvalue weighted by Gasteiger charge is -2.05. The fourth-order valence-electron chi connectivity index (χ4n) is 1.06. The molecule has 3 nitrogen and oxygen atoms in total. The smallest absolute Gasteiger partial charge is 0.339 e. The standard InChI is InChI=1S/C10H9IO3/c1-2-14-10(13)9-7(6-12)4-3-5-8(9)11/h3-6H,2H2,1H3. The van der Waals surface area contributed by atoms with Crippen LogP contribution in [0.2, 0.25) is 0 Å². The Hall–Kier alpha value is -0.910. The van der Waals surface area contributed by atoms with Crippen LogP contribution in [-0.4, -0.2) is 18.9 Å². The monoisotopic (exact) mass is 304 g/mol. The number of hydrogen-bond acceptors (Lipinski definition) is 3. The number of benzene rings is 1. The number of halogens is 1. The maximum Gasteiger partial charge on any atom is 0.339 e. The summed E-state index contributed by atoms with van der Waals surface area (Å²) in [5, 5.41) is 0. The molecule has 0 amide bonds. The Kier molecular flexibility index (Phi) is 4.06. The molecule has 0 radical (unpaired) electrons. The minimum atomic E-state index is -0.445. The van der Waals surface area contributed by atoms with E-state index < -0.39 is 5.97 Å². The van der Waals surface area contributed by atoms with Crippen LogP contribution in [0.5, 0.6) is 0 Å². The van der Waals surface area contributed by atoms with Crippen molar-refractivity contribution in [3.8, 4) is 0 Å². The van der Waals surface area contributed by atoms with Crippen LogP contribution in [-0.2, 0) is 4.74 Å². The Balaban J connectivity index is 3.16. The predicted octanol–water partition coefficient (Wildman–Crippen LogP) is 2.28. The highest BCUT2D eigenvalue weighted by atomic mass is 127. The molecule has 0 N–H and O–H groups in total. The van der Waals surface area contributed by atoms with Crippen molar-refractivity contribution in [2.45, 2.75) is 6.92 Å². The summed E-state index contributed by atoms with van der Waals surface area (Å²) in [6.45, 7) is 2.04. The molecule has 0 aliphatic rings. The topological polar surface area (TPSA) is 43.4 Å². The van der Waals surface area contributed by atoms with Gasteiger partial charge in [0, 0.05) is 9.13 Å². The first-order valence-corrected chi connectivity index (χ1v) is 5.19. The molecule has 0 spiro atoms. The van der Waals surface area contributed by atoms with Crippen LogP contribution in [0.25, 0.3) is 0 Å². The summed E-state index contributed by atoms with van der Waals surface area (Å²) in [6.07, 6.45) is 0.661. The highest BCUT2D eigenvalue weighted by Crippen LogP contribution is 2.16. The van der Waals surface area contributed by atoms with Crippen molar-refractivity contribution >= 4 is 34.8 Å². The van der Waals surface area contributed by atoms with Crippen LogP contribution in [0.3, 0.4) is 0 Å². The van der Waals surface area contributed by atoms with E-state index in [9.17, 15) is 9.59 Å². The number of rotatable bonds is 3. The summed E-state index contributed by atoms with van der Waals surface area (Å²) in [5.41, 5.74) is 0.723. The van der Waals surface area contributed by atoms with Gasteiger partial charge in [0.25, 0.3) is 0 Å². The van der Waals surface area contributed by atoms with E-state index in [-0.39, 0.29) is 0 Å². The molecule has 1 aromatic rings. The highest BCUT2D eigenvalue weighted by Gasteiger charge is 2.15. The highest BCUT2D eigenvalue weighted by molar-refractivity contribution is 14.1. The average Bonchev–Trinajstić information content (AvgIpc) is 2.17. The van der Waals surface area contributed by atoms with Crippen LogP contribution in [0.1, 0.15) is 27.6 Å². The van der Waals surface area contributed by atoms with Gasteiger partial charge in [-0.05, 0) is 35.6 Å². The summed E-state index contributed by atoms with van der Waals surface area (Å²) in [6, 6.07) is 5.09. The van der Waals surface area contributed by atoms with E-state index >= 15 is 0 Å². The summed E-state index contributed by atoms with van der Waals surface area (Å²) < 4.78 is 5.58. The molecule has 74 valence electrons. The zero-order valence-corrected chi connectivity index (χ0v) is 9.78. The van der Waals surface area contributed by atoms with Gasteiger partial charge in [-0.3, -0.25) is 4.79 Å². The van der Waals surface area contributed by atoms with E-state index in [1.807, 2.05) is 22.6 Å². The number of ether oxygens (including phenoxy) is 1. The van der Waals surface area contributed by atoms with Gasteiger partial charge in [-0.15, -0.1) is 0 Å². The van der Waals surface area contributed by atoms with Crippen molar-refractivity contribution < 1.29 is 14.3 Å². The van der Waals surface area contributed by atoms with E-state index in [0.29, 0.717) is 24.0 Å². The quantitative estimate of drug-likeness (QED) is 0.489. The van der Waals surface area contributed by atoms with Gasteiger partial charge < -0.3 is 4.74 Å². The number of aldehydes is 1. The molecule has 0 aliphatic heterocycles. The molecule has 0 heterocycles. The Morgan fingerprint density at radius 3 is 2.86 bits per heavy atom. The number of carbonyl (C=O) groups excluding carboxylic acids is 2. The zero-order chi connectivity index (χ0) is 10.6. The van der Waals surface area contributed by atoms with Crippen molar-refractivity contribution in [3.05, 3.63) is 32.9 Å². The first-order chi connectivity index (χ1) is 6.70. The molecule has 0 unspecified atom stereocenters. The molecule has 1 rings (SSSR count). The lowest BCUT2D eigenvalue weighted by Crippen LogP contribution is -2.09. The average molecular weight is 304 g/mol. The lowest BCUT2D eigenvalue weighted by molar-refractivity contribution is 0.0523. The number of esters is 1. The SMILES string of the molecule is CCOC(=O)c1c(I)cccc1C=O. The molecular weight excluding hydrogens is 295 g/mol. The molecular formula is C10H9IO3. The third-order valence-corrected chi connectivity index (χ3v) is 2.55. The molecule has 0 saturated carbocycles. The Labute approximate surface area is 95.6 Å². The first kappa shape index (κ1) is 11.2. The van der Waals surface area contributed by atoms with Crippen molar-refractivity contribution in [2.75, 3.05) is 6.61 Å². The second-order valence-corrected chi connectivity index (χ2v) is 3.70. The second-order valence-electron chi connectivity index (χ2n) is 2.54. The molecule has 4 heteroatoms. The molecule has 0 atom stereocenters. The molecule has 0 aromatic heterocycles. The summed E-state index contributed by atoms with van der Waals surface area (Å²) >= 11 is 2.00. The van der Waals surface area contributed by atoms with Crippen molar-refractivity contribution in [3.63, 3.8) is 0 Å². The fourth-order valence-corrected chi connectivity index (χ4v) is 1.80. The zero-order valence-electron chi connectivity index (χ0n) is 7.62. The minimum Gasteiger partial charge on any atom is -0.462 e. The lowest BCUT2D eigenvalue weighted by atomic mass is 10.1. The Bertz CT molecular complexity index is 360. The predicted molar refractivity (Wildman–Crippen MR) is 60.5 cm³/mol. The van der Waals surface area contributed by atoms with Crippen molar-refractivity contribution in [1.29, 1.82) is 0 Å².